The van der Waals surface area contributed by atoms with Crippen molar-refractivity contribution in [2.24, 2.45) is 0 Å². The van der Waals surface area contributed by atoms with E-state index in [1.165, 1.54) is 10.6 Å². The molecule has 2 heterocycles. The van der Waals surface area contributed by atoms with Crippen molar-refractivity contribution < 1.29 is 9.53 Å². The average Bonchev–Trinajstić information content (AvgIpc) is 2.90. The zero-order valence-electron chi connectivity index (χ0n) is 12.7. The number of aryl methyl sites for hydroxylation is 1. The third-order valence-electron chi connectivity index (χ3n) is 3.21. The first-order chi connectivity index (χ1) is 11.0. The van der Waals surface area contributed by atoms with Gasteiger partial charge in [-0.2, -0.15) is 9.50 Å². The molecule has 3 rings (SSSR count). The van der Waals surface area contributed by atoms with E-state index in [1.54, 1.807) is 38.3 Å². The molecule has 0 aliphatic heterocycles. The molecule has 2 N–H and O–H groups in total. The zero-order valence-corrected chi connectivity index (χ0v) is 12.7. The van der Waals surface area contributed by atoms with Crippen molar-refractivity contribution >= 4 is 17.4 Å². The fourth-order valence-corrected chi connectivity index (χ4v) is 2.15. The second kappa shape index (κ2) is 5.91. The van der Waals surface area contributed by atoms with Crippen LogP contribution in [0.4, 0.5) is 5.69 Å². The number of hydrogen-bond acceptors (Lipinski definition) is 5. The van der Waals surface area contributed by atoms with Crippen LogP contribution < -0.4 is 15.6 Å². The van der Waals surface area contributed by atoms with Crippen LogP contribution in [0.1, 0.15) is 11.5 Å². The van der Waals surface area contributed by atoms with Crippen molar-refractivity contribution in [2.45, 2.75) is 13.3 Å². The van der Waals surface area contributed by atoms with Crippen molar-refractivity contribution in [3.05, 3.63) is 52.2 Å². The molecular formula is C15H15N5O3. The molecule has 1 aromatic carbocycles. The quantitative estimate of drug-likeness (QED) is 0.745. The summed E-state index contributed by atoms with van der Waals surface area (Å²) < 4.78 is 6.27. The number of ether oxygens (including phenoxy) is 1. The van der Waals surface area contributed by atoms with Gasteiger partial charge in [0.2, 0.25) is 5.91 Å². The van der Waals surface area contributed by atoms with E-state index in [0.29, 0.717) is 23.0 Å². The van der Waals surface area contributed by atoms with Crippen molar-refractivity contribution in [3.8, 4) is 5.75 Å². The van der Waals surface area contributed by atoms with Crippen LogP contribution in [0.15, 0.2) is 35.1 Å². The van der Waals surface area contributed by atoms with Gasteiger partial charge < -0.3 is 10.1 Å². The predicted molar refractivity (Wildman–Crippen MR) is 83.7 cm³/mol. The lowest BCUT2D eigenvalue weighted by atomic mass is 10.3. The van der Waals surface area contributed by atoms with Crippen molar-refractivity contribution in [1.29, 1.82) is 0 Å². The van der Waals surface area contributed by atoms with Crippen LogP contribution in [-0.4, -0.2) is 32.6 Å². The molecule has 0 radical (unpaired) electrons. The summed E-state index contributed by atoms with van der Waals surface area (Å²) in [4.78, 5) is 32.1. The number of nitrogens with one attached hydrogen (secondary N) is 2. The first-order valence-electron chi connectivity index (χ1n) is 6.94. The third kappa shape index (κ3) is 3.20. The number of benzene rings is 1. The Hall–Kier alpha value is -3.16. The van der Waals surface area contributed by atoms with Gasteiger partial charge in [0.1, 0.15) is 11.6 Å². The Bertz CT molecular complexity index is 911. The van der Waals surface area contributed by atoms with Crippen LogP contribution in [0.3, 0.4) is 0 Å². The van der Waals surface area contributed by atoms with Crippen LogP contribution in [0.2, 0.25) is 0 Å². The van der Waals surface area contributed by atoms with Gasteiger partial charge in [0.15, 0.2) is 0 Å². The van der Waals surface area contributed by atoms with E-state index >= 15 is 0 Å². The molecule has 0 fully saturated rings. The van der Waals surface area contributed by atoms with Crippen molar-refractivity contribution in [2.75, 3.05) is 12.4 Å². The summed E-state index contributed by atoms with van der Waals surface area (Å²) in [7, 11) is 1.58. The fraction of sp³-hybridized carbons (Fsp3) is 0.200. The molecule has 2 aromatic heterocycles. The third-order valence-corrected chi connectivity index (χ3v) is 3.21. The zero-order chi connectivity index (χ0) is 16.4. The second-order valence-electron chi connectivity index (χ2n) is 4.99. The lowest BCUT2D eigenvalue weighted by Crippen LogP contribution is -2.16. The fourth-order valence-electron chi connectivity index (χ4n) is 2.15. The summed E-state index contributed by atoms with van der Waals surface area (Å²) >= 11 is 0. The number of H-pyrrole nitrogens is 1. The van der Waals surface area contributed by atoms with Crippen LogP contribution in [0, 0.1) is 6.92 Å². The highest BCUT2D eigenvalue weighted by atomic mass is 16.5. The Morgan fingerprint density at radius 1 is 1.30 bits per heavy atom. The average molecular weight is 313 g/mol. The Morgan fingerprint density at radius 3 is 2.74 bits per heavy atom. The van der Waals surface area contributed by atoms with Crippen LogP contribution in [-0.2, 0) is 11.2 Å². The highest BCUT2D eigenvalue weighted by molar-refractivity contribution is 5.91. The summed E-state index contributed by atoms with van der Waals surface area (Å²) in [5, 5.41) is 5.53. The molecule has 23 heavy (non-hydrogen) atoms. The smallest absolute Gasteiger partial charge is 0.274 e. The summed E-state index contributed by atoms with van der Waals surface area (Å²) in [6, 6.07) is 8.38. The SMILES string of the molecule is COc1ccc(NC(=O)Cc2nc3nc(C)cc(=O)n3[nH]2)cc1. The van der Waals surface area contributed by atoms with Crippen molar-refractivity contribution in [1.82, 2.24) is 19.6 Å². The lowest BCUT2D eigenvalue weighted by Gasteiger charge is -2.05. The van der Waals surface area contributed by atoms with E-state index in [1.807, 2.05) is 0 Å². The largest absolute Gasteiger partial charge is 0.497 e. The van der Waals surface area contributed by atoms with Crippen LogP contribution in [0.5, 0.6) is 5.75 Å². The maximum Gasteiger partial charge on any atom is 0.274 e. The number of nitrogens with zero attached hydrogens (tertiary/aromatic N) is 3. The van der Waals surface area contributed by atoms with Gasteiger partial charge >= 0.3 is 0 Å². The molecule has 0 unspecified atom stereocenters. The molecule has 3 aromatic rings. The van der Waals surface area contributed by atoms with Gasteiger partial charge in [0.25, 0.3) is 11.3 Å². The molecule has 8 nitrogen and oxygen atoms in total. The predicted octanol–water partition coefficient (Wildman–Crippen LogP) is 0.916. The molecule has 8 heteroatoms. The van der Waals surface area contributed by atoms with Gasteiger partial charge in [-0.3, -0.25) is 14.7 Å². The number of amides is 1. The Balaban J connectivity index is 1.74. The monoisotopic (exact) mass is 313 g/mol. The number of fused-ring (bicyclic) bond motifs is 1. The summed E-state index contributed by atoms with van der Waals surface area (Å²) in [5.41, 5.74) is 0.968. The summed E-state index contributed by atoms with van der Waals surface area (Å²) in [5.74, 6) is 1.08. The maximum absolute atomic E-state index is 12.1. The van der Waals surface area contributed by atoms with E-state index in [9.17, 15) is 9.59 Å². The molecule has 0 bridgehead atoms. The molecule has 0 aliphatic rings. The van der Waals surface area contributed by atoms with E-state index < -0.39 is 0 Å². The number of aromatic amines is 1. The van der Waals surface area contributed by atoms with Gasteiger partial charge in [0.05, 0.1) is 13.5 Å². The van der Waals surface area contributed by atoms with Gasteiger partial charge in [-0.25, -0.2) is 4.98 Å². The maximum atomic E-state index is 12.1. The summed E-state index contributed by atoms with van der Waals surface area (Å²) in [6.07, 6.45) is 0.00781. The number of anilines is 1. The highest BCUT2D eigenvalue weighted by Gasteiger charge is 2.11. The molecule has 0 saturated heterocycles. The number of aromatic nitrogens is 4. The number of rotatable bonds is 4. The summed E-state index contributed by atoms with van der Waals surface area (Å²) in [6.45, 7) is 1.71. The first-order valence-corrected chi connectivity index (χ1v) is 6.94. The molecule has 1 amide bonds. The number of methoxy groups -OCH3 is 1. The number of carbonyl (C=O) groups is 1. The normalized spacial score (nSPS) is 10.7. The number of carbonyl (C=O) groups excluding carboxylic acids is 1. The molecule has 118 valence electrons. The molecule has 0 atom stereocenters. The van der Waals surface area contributed by atoms with Gasteiger partial charge in [-0.05, 0) is 31.2 Å². The van der Waals surface area contributed by atoms with E-state index in [4.69, 9.17) is 4.74 Å². The Kier molecular flexibility index (Phi) is 3.80. The topological polar surface area (TPSA) is 101 Å². The molecule has 0 saturated carbocycles. The molecule has 0 spiro atoms. The van der Waals surface area contributed by atoms with Crippen molar-refractivity contribution in [3.63, 3.8) is 0 Å². The van der Waals surface area contributed by atoms with E-state index in [2.05, 4.69) is 20.4 Å². The standard InChI is InChI=1S/C15H15N5O3/c1-9-7-14(22)20-15(16-9)18-12(19-20)8-13(21)17-10-3-5-11(23-2)6-4-10/h3-7H,8H2,1-2H3,(H,17,21)(H,16,18,19). The van der Waals surface area contributed by atoms with E-state index in [0.717, 1.165) is 0 Å². The van der Waals surface area contributed by atoms with Gasteiger partial charge in [0, 0.05) is 17.4 Å². The van der Waals surface area contributed by atoms with Crippen LogP contribution in [0.25, 0.3) is 5.78 Å². The van der Waals surface area contributed by atoms with Crippen LogP contribution >= 0.6 is 0 Å². The Morgan fingerprint density at radius 2 is 2.04 bits per heavy atom. The minimum absolute atomic E-state index is 0.00781. The minimum atomic E-state index is -0.262. The minimum Gasteiger partial charge on any atom is -0.497 e. The highest BCUT2D eigenvalue weighted by Crippen LogP contribution is 2.15. The number of hydrogen-bond donors (Lipinski definition) is 2. The van der Waals surface area contributed by atoms with E-state index in [-0.39, 0.29) is 23.7 Å². The lowest BCUT2D eigenvalue weighted by molar-refractivity contribution is -0.115. The van der Waals surface area contributed by atoms with Gasteiger partial charge in [-0.1, -0.05) is 0 Å². The second-order valence-corrected chi connectivity index (χ2v) is 4.99. The molecular weight excluding hydrogens is 298 g/mol. The Labute approximate surface area is 131 Å². The first kappa shape index (κ1) is 14.8. The van der Waals surface area contributed by atoms with Gasteiger partial charge in [-0.15, -0.1) is 0 Å². The molecule has 0 aliphatic carbocycles.